The summed E-state index contributed by atoms with van der Waals surface area (Å²) in [5, 5.41) is 4.81. The Kier molecular flexibility index (Phi) is 6.73. The van der Waals surface area contributed by atoms with Gasteiger partial charge in [0.1, 0.15) is 0 Å². The maximum absolute atomic E-state index is 13.0. The van der Waals surface area contributed by atoms with Crippen LogP contribution in [-0.2, 0) is 21.1 Å². The molecule has 1 N–H and O–H groups in total. The van der Waals surface area contributed by atoms with Gasteiger partial charge in [0.2, 0.25) is 5.91 Å². The highest BCUT2D eigenvalue weighted by Gasteiger charge is 2.32. The zero-order valence-electron chi connectivity index (χ0n) is 18.7. The van der Waals surface area contributed by atoms with Crippen LogP contribution in [0.5, 0.6) is 11.5 Å². The Balaban J connectivity index is 1.64. The van der Waals surface area contributed by atoms with E-state index in [2.05, 4.69) is 16.3 Å². The number of nitrogens with zero attached hydrogens (tertiary/aromatic N) is 1. The van der Waals surface area contributed by atoms with E-state index >= 15 is 0 Å². The first kappa shape index (κ1) is 23.3. The van der Waals surface area contributed by atoms with Crippen LogP contribution in [0.25, 0.3) is 0 Å². The molecule has 1 amide bonds. The topological polar surface area (TPSA) is 84.9 Å². The molecule has 1 aliphatic heterocycles. The quantitative estimate of drug-likeness (QED) is 0.548. The molecule has 2 aromatic carbocycles. The summed E-state index contributed by atoms with van der Waals surface area (Å²) in [6.07, 6.45) is 1.89. The van der Waals surface area contributed by atoms with Gasteiger partial charge in [0, 0.05) is 17.7 Å². The molecular weight excluding hydrogens is 460 g/mol. The minimum Gasteiger partial charge on any atom is -0.493 e. The molecule has 1 atom stereocenters. The van der Waals surface area contributed by atoms with Crippen LogP contribution < -0.4 is 14.8 Å². The molecule has 7 nitrogen and oxygen atoms in total. The SMILES string of the molecule is COc1cc2c(cc1OC)[C@H](c1cccs1)N(CC(=O)Nc1ccccc1S(C)(=O)=O)CC2. The third-order valence-electron chi connectivity index (χ3n) is 5.69. The lowest BCUT2D eigenvalue weighted by atomic mass is 9.91. The Labute approximate surface area is 197 Å². The summed E-state index contributed by atoms with van der Waals surface area (Å²) in [4.78, 5) is 16.4. The monoisotopic (exact) mass is 486 g/mol. The first-order valence-electron chi connectivity index (χ1n) is 10.4. The minimum atomic E-state index is -3.47. The number of rotatable bonds is 7. The zero-order valence-corrected chi connectivity index (χ0v) is 20.3. The molecule has 0 unspecified atom stereocenters. The van der Waals surface area contributed by atoms with Crippen LogP contribution in [0.3, 0.4) is 0 Å². The lowest BCUT2D eigenvalue weighted by Gasteiger charge is -2.37. The van der Waals surface area contributed by atoms with Crippen molar-refractivity contribution in [2.45, 2.75) is 17.4 Å². The smallest absolute Gasteiger partial charge is 0.238 e. The van der Waals surface area contributed by atoms with Gasteiger partial charge in [-0.1, -0.05) is 18.2 Å². The van der Waals surface area contributed by atoms with Crippen molar-refractivity contribution < 1.29 is 22.7 Å². The van der Waals surface area contributed by atoms with Crippen LogP contribution in [-0.4, -0.2) is 52.8 Å². The Morgan fingerprint density at radius 1 is 1.12 bits per heavy atom. The maximum atomic E-state index is 13.0. The fraction of sp³-hybridized carbons (Fsp3) is 0.292. The van der Waals surface area contributed by atoms with Crippen molar-refractivity contribution in [2.75, 3.05) is 38.9 Å². The predicted octanol–water partition coefficient (Wildman–Crippen LogP) is 3.76. The van der Waals surface area contributed by atoms with E-state index in [1.54, 1.807) is 43.8 Å². The first-order chi connectivity index (χ1) is 15.8. The fourth-order valence-corrected chi connectivity index (χ4v) is 5.94. The standard InChI is InChI=1S/C24H26N2O5S2/c1-30-19-13-16-10-11-26(24(21-8-6-12-32-21)17(16)14-20(19)31-2)15-23(27)25-18-7-4-5-9-22(18)33(3,28)29/h4-9,12-14,24H,10-11,15H2,1-3H3,(H,25,27)/t24-/m1/s1. The second-order valence-corrected chi connectivity index (χ2v) is 10.8. The highest BCUT2D eigenvalue weighted by molar-refractivity contribution is 7.90. The van der Waals surface area contributed by atoms with Gasteiger partial charge >= 0.3 is 0 Å². The number of sulfone groups is 1. The van der Waals surface area contributed by atoms with E-state index in [4.69, 9.17) is 9.47 Å². The number of carbonyl (C=O) groups is 1. The van der Waals surface area contributed by atoms with Crippen molar-refractivity contribution in [2.24, 2.45) is 0 Å². The van der Waals surface area contributed by atoms with Crippen molar-refractivity contribution in [3.05, 3.63) is 69.9 Å². The van der Waals surface area contributed by atoms with E-state index in [-0.39, 0.29) is 23.4 Å². The minimum absolute atomic E-state index is 0.106. The summed E-state index contributed by atoms with van der Waals surface area (Å²) in [5.74, 6) is 1.06. The number of thiophene rings is 1. The number of hydrogen-bond acceptors (Lipinski definition) is 7. The van der Waals surface area contributed by atoms with Crippen LogP contribution in [0, 0.1) is 0 Å². The van der Waals surface area contributed by atoms with Gasteiger partial charge in [-0.25, -0.2) is 8.42 Å². The number of anilines is 1. The molecule has 4 rings (SSSR count). The molecule has 0 bridgehead atoms. The average molecular weight is 487 g/mol. The lowest BCUT2D eigenvalue weighted by molar-refractivity contribution is -0.117. The third kappa shape index (κ3) is 4.90. The number of amides is 1. The van der Waals surface area contributed by atoms with Crippen LogP contribution in [0.2, 0.25) is 0 Å². The molecule has 33 heavy (non-hydrogen) atoms. The van der Waals surface area contributed by atoms with Crippen LogP contribution >= 0.6 is 11.3 Å². The molecule has 1 aliphatic rings. The van der Waals surface area contributed by atoms with Crippen molar-refractivity contribution in [1.82, 2.24) is 4.90 Å². The molecule has 0 spiro atoms. The van der Waals surface area contributed by atoms with Gasteiger partial charge < -0.3 is 14.8 Å². The summed E-state index contributed by atoms with van der Waals surface area (Å²) in [7, 11) is -0.237. The largest absolute Gasteiger partial charge is 0.493 e. The van der Waals surface area contributed by atoms with Crippen LogP contribution in [0.15, 0.2) is 58.8 Å². The van der Waals surface area contributed by atoms with E-state index in [1.165, 1.54) is 6.07 Å². The van der Waals surface area contributed by atoms with Gasteiger partial charge in [0.05, 0.1) is 37.4 Å². The lowest BCUT2D eigenvalue weighted by Crippen LogP contribution is -2.41. The molecule has 9 heteroatoms. The molecule has 2 heterocycles. The van der Waals surface area contributed by atoms with Gasteiger partial charge in [-0.3, -0.25) is 9.69 Å². The first-order valence-corrected chi connectivity index (χ1v) is 13.2. The van der Waals surface area contributed by atoms with E-state index in [9.17, 15) is 13.2 Å². The second-order valence-electron chi connectivity index (χ2n) is 7.86. The predicted molar refractivity (Wildman–Crippen MR) is 129 cm³/mol. The zero-order chi connectivity index (χ0) is 23.6. The normalized spacial score (nSPS) is 16.2. The molecule has 1 aromatic heterocycles. The molecule has 0 aliphatic carbocycles. The summed E-state index contributed by atoms with van der Waals surface area (Å²) < 4.78 is 35.2. The third-order valence-corrected chi connectivity index (χ3v) is 7.77. The van der Waals surface area contributed by atoms with Crippen molar-refractivity contribution in [3.63, 3.8) is 0 Å². The number of benzene rings is 2. The Morgan fingerprint density at radius 3 is 2.52 bits per heavy atom. The highest BCUT2D eigenvalue weighted by Crippen LogP contribution is 2.42. The Hall–Kier alpha value is -2.88. The summed E-state index contributed by atoms with van der Waals surface area (Å²) in [5.41, 5.74) is 2.53. The summed E-state index contributed by atoms with van der Waals surface area (Å²) >= 11 is 1.63. The van der Waals surface area contributed by atoms with Crippen molar-refractivity contribution >= 4 is 32.8 Å². The van der Waals surface area contributed by atoms with Gasteiger partial charge in [0.25, 0.3) is 0 Å². The Morgan fingerprint density at radius 2 is 1.85 bits per heavy atom. The van der Waals surface area contributed by atoms with Gasteiger partial charge in [-0.2, -0.15) is 0 Å². The average Bonchev–Trinajstić information content (AvgIpc) is 3.32. The van der Waals surface area contributed by atoms with Crippen molar-refractivity contribution in [3.8, 4) is 11.5 Å². The summed E-state index contributed by atoms with van der Waals surface area (Å²) in [6.45, 7) is 0.792. The molecule has 0 saturated carbocycles. The van der Waals surface area contributed by atoms with Crippen molar-refractivity contribution in [1.29, 1.82) is 0 Å². The number of methoxy groups -OCH3 is 2. The maximum Gasteiger partial charge on any atom is 0.238 e. The number of carbonyl (C=O) groups excluding carboxylic acids is 1. The highest BCUT2D eigenvalue weighted by atomic mass is 32.2. The van der Waals surface area contributed by atoms with E-state index < -0.39 is 9.84 Å². The number of hydrogen-bond donors (Lipinski definition) is 1. The number of fused-ring (bicyclic) bond motifs is 1. The van der Waals surface area contributed by atoms with E-state index in [0.717, 1.165) is 28.7 Å². The number of para-hydroxylation sites is 1. The molecule has 0 fully saturated rings. The van der Waals surface area contributed by atoms with Gasteiger partial charge in [0.15, 0.2) is 21.3 Å². The number of nitrogens with one attached hydrogen (secondary N) is 1. The molecule has 0 radical (unpaired) electrons. The van der Waals surface area contributed by atoms with E-state index in [0.29, 0.717) is 23.7 Å². The molecular formula is C24H26N2O5S2. The summed E-state index contributed by atoms with van der Waals surface area (Å²) in [6, 6.07) is 14.4. The molecule has 3 aromatic rings. The van der Waals surface area contributed by atoms with E-state index in [1.807, 2.05) is 23.6 Å². The second kappa shape index (κ2) is 9.54. The van der Waals surface area contributed by atoms with Gasteiger partial charge in [-0.15, -0.1) is 11.3 Å². The van der Waals surface area contributed by atoms with Crippen LogP contribution in [0.1, 0.15) is 22.0 Å². The Bertz CT molecular complexity index is 1260. The fourth-order valence-electron chi connectivity index (χ4n) is 4.22. The molecule has 174 valence electrons. The number of ether oxygens (including phenoxy) is 2. The molecule has 0 saturated heterocycles. The van der Waals surface area contributed by atoms with Crippen LogP contribution in [0.4, 0.5) is 5.69 Å². The van der Waals surface area contributed by atoms with Gasteiger partial charge in [-0.05, 0) is 53.3 Å².